The van der Waals surface area contributed by atoms with Crippen LogP contribution in [-0.4, -0.2) is 35.5 Å². The number of aryl methyl sites for hydroxylation is 8. The largest absolute Gasteiger partial charge is 0.427 e. The maximum atomic E-state index is 7.26. The van der Waals surface area contributed by atoms with E-state index in [4.69, 9.17) is 18.1 Å². The lowest BCUT2D eigenvalue weighted by Gasteiger charge is -2.39. The molecule has 376 valence electrons. The van der Waals surface area contributed by atoms with E-state index in [1.54, 1.807) is 0 Å². The molecule has 0 amide bonds. The molecule has 1 aliphatic rings. The van der Waals surface area contributed by atoms with Gasteiger partial charge in [-0.2, -0.15) is 0 Å². The Morgan fingerprint density at radius 2 is 0.515 bits per heavy atom. The standard InChI is InChI=1S/C60H92N2O4P2/c1-9-17-25-49-33-37-57(53(45-49)29-21-13-5)63-67(64-58-38-34-50(26-18-10-2)46-54(58)30-22-14-6)61-41-43-62(44-42-61)68(65-59-39-35-51(27-19-11-3)47-55(59)31-23-15-7)66-60-40-36-52(28-20-12-4)48-56(60)32-24-16-8/h33-40,45-48H,9-32,41-44H2,1-8H3. The SMILES string of the molecule is CCCCc1ccc(OP(Oc2ccc(CCCC)cc2CCCC)N2CCN(P(Oc3ccc(CCCC)cc3CCCC)Oc3ccc(CCCC)cc3CCCC)CC2)c(CCCC)c1. The number of nitrogens with zero attached hydrogens (tertiary/aromatic N) is 2. The highest BCUT2D eigenvalue weighted by atomic mass is 31.2. The fourth-order valence-electron chi connectivity index (χ4n) is 8.90. The van der Waals surface area contributed by atoms with Gasteiger partial charge in [0.1, 0.15) is 23.0 Å². The van der Waals surface area contributed by atoms with Crippen molar-refractivity contribution < 1.29 is 18.1 Å². The number of rotatable bonds is 34. The van der Waals surface area contributed by atoms with Crippen LogP contribution in [0.5, 0.6) is 23.0 Å². The number of hydrogen-bond donors (Lipinski definition) is 0. The summed E-state index contributed by atoms with van der Waals surface area (Å²) in [7, 11) is -2.96. The second-order valence-electron chi connectivity index (χ2n) is 19.3. The molecule has 8 heteroatoms. The molecule has 0 atom stereocenters. The zero-order chi connectivity index (χ0) is 48.4. The third kappa shape index (κ3) is 18.2. The van der Waals surface area contributed by atoms with Crippen molar-refractivity contribution in [1.29, 1.82) is 0 Å². The first-order valence-electron chi connectivity index (χ1n) is 27.6. The molecule has 1 heterocycles. The minimum absolute atomic E-state index is 0.784. The quantitative estimate of drug-likeness (QED) is 0.0435. The Labute approximate surface area is 418 Å². The van der Waals surface area contributed by atoms with E-state index in [0.717, 1.165) is 152 Å². The highest BCUT2D eigenvalue weighted by Gasteiger charge is 2.36. The van der Waals surface area contributed by atoms with Gasteiger partial charge in [-0.05, 0) is 172 Å². The first kappa shape index (κ1) is 55.8. The van der Waals surface area contributed by atoms with Gasteiger partial charge in [-0.1, -0.05) is 155 Å². The van der Waals surface area contributed by atoms with E-state index in [0.29, 0.717) is 0 Å². The monoisotopic (exact) mass is 967 g/mol. The molecule has 0 aromatic heterocycles. The maximum Gasteiger partial charge on any atom is 0.384 e. The molecule has 1 aliphatic heterocycles. The molecular weight excluding hydrogens is 875 g/mol. The van der Waals surface area contributed by atoms with Gasteiger partial charge in [0.2, 0.25) is 0 Å². The van der Waals surface area contributed by atoms with Crippen molar-refractivity contribution in [3.63, 3.8) is 0 Å². The van der Waals surface area contributed by atoms with Gasteiger partial charge < -0.3 is 18.1 Å². The Hall–Kier alpha value is -3.14. The Bertz CT molecular complexity index is 1740. The van der Waals surface area contributed by atoms with Crippen LogP contribution >= 0.6 is 17.1 Å². The molecule has 1 fully saturated rings. The van der Waals surface area contributed by atoms with Crippen LogP contribution in [0.1, 0.15) is 203 Å². The summed E-state index contributed by atoms with van der Waals surface area (Å²) in [6.07, 6.45) is 27.2. The lowest BCUT2D eigenvalue weighted by Crippen LogP contribution is -2.43. The van der Waals surface area contributed by atoms with Crippen LogP contribution in [0, 0.1) is 0 Å². The van der Waals surface area contributed by atoms with Gasteiger partial charge in [0.25, 0.3) is 0 Å². The molecule has 0 saturated carbocycles. The predicted octanol–water partition coefficient (Wildman–Crippen LogP) is 18.1. The molecule has 1 saturated heterocycles. The van der Waals surface area contributed by atoms with E-state index >= 15 is 0 Å². The molecule has 4 aromatic carbocycles. The van der Waals surface area contributed by atoms with Crippen molar-refractivity contribution >= 4 is 17.1 Å². The van der Waals surface area contributed by atoms with Gasteiger partial charge in [-0.15, -0.1) is 0 Å². The van der Waals surface area contributed by atoms with E-state index in [1.165, 1.54) is 95.9 Å². The molecule has 0 N–H and O–H groups in total. The molecule has 0 radical (unpaired) electrons. The van der Waals surface area contributed by atoms with Crippen molar-refractivity contribution in [2.75, 3.05) is 26.2 Å². The first-order chi connectivity index (χ1) is 33.4. The molecule has 68 heavy (non-hydrogen) atoms. The number of piperazine rings is 1. The summed E-state index contributed by atoms with van der Waals surface area (Å²) in [6, 6.07) is 27.8. The molecule has 0 aliphatic carbocycles. The molecule has 0 spiro atoms. The van der Waals surface area contributed by atoms with Gasteiger partial charge >= 0.3 is 17.1 Å². The summed E-state index contributed by atoms with van der Waals surface area (Å²) >= 11 is 0. The lowest BCUT2D eigenvalue weighted by molar-refractivity contribution is 0.236. The van der Waals surface area contributed by atoms with Crippen LogP contribution in [0.4, 0.5) is 0 Å². The fraction of sp³-hybridized carbons (Fsp3) is 0.600. The number of unbranched alkanes of at least 4 members (excludes halogenated alkanes) is 8. The summed E-state index contributed by atoms with van der Waals surface area (Å²) < 4.78 is 34.0. The molecular formula is C60H92N2O4P2. The second kappa shape index (κ2) is 32.0. The van der Waals surface area contributed by atoms with Gasteiger partial charge in [-0.25, -0.2) is 9.34 Å². The lowest BCUT2D eigenvalue weighted by atomic mass is 10.0. The summed E-state index contributed by atoms with van der Waals surface area (Å²) in [5, 5.41) is 0. The van der Waals surface area contributed by atoms with E-state index in [-0.39, 0.29) is 0 Å². The van der Waals surface area contributed by atoms with E-state index in [1.807, 2.05) is 0 Å². The summed E-state index contributed by atoms with van der Waals surface area (Å²) in [6.45, 7) is 21.4. The third-order valence-corrected chi connectivity index (χ3v) is 16.5. The zero-order valence-corrected chi connectivity index (χ0v) is 45.9. The van der Waals surface area contributed by atoms with Crippen LogP contribution in [-0.2, 0) is 51.4 Å². The normalized spacial score (nSPS) is 13.4. The Balaban J connectivity index is 1.50. The van der Waals surface area contributed by atoms with Crippen LogP contribution in [0.15, 0.2) is 72.8 Å². The van der Waals surface area contributed by atoms with Gasteiger partial charge in [0.15, 0.2) is 0 Å². The average molecular weight is 967 g/mol. The van der Waals surface area contributed by atoms with E-state index in [9.17, 15) is 0 Å². The molecule has 6 nitrogen and oxygen atoms in total. The Morgan fingerprint density at radius 3 is 0.721 bits per heavy atom. The van der Waals surface area contributed by atoms with Crippen LogP contribution in [0.25, 0.3) is 0 Å². The molecule has 5 rings (SSSR count). The topological polar surface area (TPSA) is 43.4 Å². The Morgan fingerprint density at radius 1 is 0.309 bits per heavy atom. The van der Waals surface area contributed by atoms with Crippen molar-refractivity contribution in [2.24, 2.45) is 0 Å². The van der Waals surface area contributed by atoms with Gasteiger partial charge in [0, 0.05) is 26.2 Å². The van der Waals surface area contributed by atoms with Gasteiger partial charge in [-0.3, -0.25) is 0 Å². The van der Waals surface area contributed by atoms with Crippen molar-refractivity contribution in [1.82, 2.24) is 9.34 Å². The minimum Gasteiger partial charge on any atom is -0.427 e. The van der Waals surface area contributed by atoms with E-state index in [2.05, 4.69) is 138 Å². The van der Waals surface area contributed by atoms with Gasteiger partial charge in [0.05, 0.1) is 0 Å². The fourth-order valence-corrected chi connectivity index (χ4v) is 11.8. The third-order valence-electron chi connectivity index (χ3n) is 13.4. The smallest absolute Gasteiger partial charge is 0.384 e. The summed E-state index contributed by atoms with van der Waals surface area (Å²) in [5.41, 5.74) is 10.9. The summed E-state index contributed by atoms with van der Waals surface area (Å²) in [4.78, 5) is 0. The number of benzene rings is 4. The predicted molar refractivity (Wildman–Crippen MR) is 294 cm³/mol. The first-order valence-corrected chi connectivity index (χ1v) is 29.9. The van der Waals surface area contributed by atoms with Crippen molar-refractivity contribution in [2.45, 2.75) is 209 Å². The molecule has 0 unspecified atom stereocenters. The van der Waals surface area contributed by atoms with Crippen molar-refractivity contribution in [3.8, 4) is 23.0 Å². The molecule has 0 bridgehead atoms. The Kier molecular flexibility index (Phi) is 26.2. The van der Waals surface area contributed by atoms with Crippen molar-refractivity contribution in [3.05, 3.63) is 117 Å². The van der Waals surface area contributed by atoms with Crippen LogP contribution in [0.3, 0.4) is 0 Å². The maximum absolute atomic E-state index is 7.26. The van der Waals surface area contributed by atoms with E-state index < -0.39 is 17.1 Å². The average Bonchev–Trinajstić information content (AvgIpc) is 3.37. The minimum atomic E-state index is -1.48. The highest BCUT2D eigenvalue weighted by Crippen LogP contribution is 2.51. The van der Waals surface area contributed by atoms with Crippen LogP contribution < -0.4 is 18.1 Å². The zero-order valence-electron chi connectivity index (χ0n) is 44.1. The molecule has 4 aromatic rings. The van der Waals surface area contributed by atoms with Crippen LogP contribution in [0.2, 0.25) is 0 Å². The second-order valence-corrected chi connectivity index (χ2v) is 22.2. The number of hydrogen-bond acceptors (Lipinski definition) is 6. The highest BCUT2D eigenvalue weighted by molar-refractivity contribution is 7.46. The summed E-state index contributed by atoms with van der Waals surface area (Å²) in [5.74, 6) is 3.89.